The highest BCUT2D eigenvalue weighted by Gasteiger charge is 2.10. The van der Waals surface area contributed by atoms with Crippen LogP contribution in [0.15, 0.2) is 69.0 Å². The molecule has 0 fully saturated rings. The van der Waals surface area contributed by atoms with Crippen molar-refractivity contribution in [1.29, 1.82) is 0 Å². The average molecular weight is 325 g/mol. The monoisotopic (exact) mass is 325 g/mol. The van der Waals surface area contributed by atoms with E-state index in [0.717, 1.165) is 0 Å². The van der Waals surface area contributed by atoms with Gasteiger partial charge in [-0.15, -0.1) is 0 Å². The van der Waals surface area contributed by atoms with Gasteiger partial charge in [0.25, 0.3) is 0 Å². The molecule has 122 valence electrons. The summed E-state index contributed by atoms with van der Waals surface area (Å²) in [4.78, 5) is 11.6. The van der Waals surface area contributed by atoms with Crippen molar-refractivity contribution in [1.82, 2.24) is 0 Å². The van der Waals surface area contributed by atoms with Crippen LogP contribution in [-0.2, 0) is 0 Å². The molecule has 0 spiro atoms. The normalized spacial score (nSPS) is 11.5. The summed E-state index contributed by atoms with van der Waals surface area (Å²) < 4.78 is 15.9. The first-order valence-corrected chi connectivity index (χ1v) is 7.22. The molecule has 1 heterocycles. The van der Waals surface area contributed by atoms with Crippen molar-refractivity contribution < 1.29 is 19.1 Å². The molecule has 24 heavy (non-hydrogen) atoms. The highest BCUT2D eigenvalue weighted by Crippen LogP contribution is 2.23. The van der Waals surface area contributed by atoms with Crippen LogP contribution in [0.4, 0.5) is 0 Å². The molecule has 0 amide bonds. The van der Waals surface area contributed by atoms with Crippen LogP contribution in [0.1, 0.15) is 5.56 Å². The smallest absolute Gasteiger partial charge is 0.339 e. The Morgan fingerprint density at radius 2 is 1.92 bits per heavy atom. The van der Waals surface area contributed by atoms with E-state index in [0.29, 0.717) is 33.7 Å². The first kappa shape index (κ1) is 15.6. The molecule has 0 bridgehead atoms. The third-order valence-corrected chi connectivity index (χ3v) is 3.52. The van der Waals surface area contributed by atoms with Crippen molar-refractivity contribution in [2.24, 2.45) is 5.16 Å². The van der Waals surface area contributed by atoms with E-state index in [2.05, 4.69) is 5.16 Å². The molecule has 0 unspecified atom stereocenters. The van der Waals surface area contributed by atoms with Crippen LogP contribution in [0.5, 0.6) is 11.5 Å². The summed E-state index contributed by atoms with van der Waals surface area (Å²) in [7, 11) is 1.57. The number of hydrogen-bond acceptors (Lipinski definition) is 6. The molecule has 1 aromatic heterocycles. The van der Waals surface area contributed by atoms with Gasteiger partial charge in [-0.2, -0.15) is 0 Å². The molecule has 6 nitrogen and oxygen atoms in total. The summed E-state index contributed by atoms with van der Waals surface area (Å²) in [5, 5.41) is 13.2. The summed E-state index contributed by atoms with van der Waals surface area (Å²) in [5.41, 5.74) is 0.947. The predicted octanol–water partition coefficient (Wildman–Crippen LogP) is 3.06. The molecule has 0 radical (unpaired) electrons. The second kappa shape index (κ2) is 6.87. The van der Waals surface area contributed by atoms with Crippen LogP contribution < -0.4 is 15.1 Å². The molecule has 0 saturated heterocycles. The van der Waals surface area contributed by atoms with E-state index in [-0.39, 0.29) is 6.61 Å². The second-order valence-electron chi connectivity index (χ2n) is 4.99. The molecule has 0 aliphatic heterocycles. The molecule has 0 aliphatic rings. The van der Waals surface area contributed by atoms with Gasteiger partial charge in [0.1, 0.15) is 29.4 Å². The van der Waals surface area contributed by atoms with Crippen LogP contribution in [0.3, 0.4) is 0 Å². The van der Waals surface area contributed by atoms with Gasteiger partial charge in [-0.3, -0.25) is 0 Å². The standard InChI is InChI=1S/C18H15NO5/c1-22-13-8-6-12(7-9-13)15(19-21)11-23-17-10-18(20)24-16-5-3-2-4-14(16)17/h2-10,21H,11H2,1H3/b19-15+. The van der Waals surface area contributed by atoms with Crippen LogP contribution >= 0.6 is 0 Å². The fourth-order valence-electron chi connectivity index (χ4n) is 2.30. The van der Waals surface area contributed by atoms with Crippen molar-refractivity contribution in [2.75, 3.05) is 13.7 Å². The second-order valence-corrected chi connectivity index (χ2v) is 4.99. The Morgan fingerprint density at radius 1 is 1.17 bits per heavy atom. The molecule has 6 heteroatoms. The molecule has 0 saturated carbocycles. The van der Waals surface area contributed by atoms with E-state index in [1.165, 1.54) is 6.07 Å². The number of oxime groups is 1. The molecule has 3 aromatic rings. The third kappa shape index (κ3) is 3.22. The lowest BCUT2D eigenvalue weighted by Crippen LogP contribution is -2.14. The van der Waals surface area contributed by atoms with Crippen LogP contribution in [0.25, 0.3) is 11.0 Å². The lowest BCUT2D eigenvalue weighted by Gasteiger charge is -2.10. The Kier molecular flexibility index (Phi) is 4.47. The number of benzene rings is 2. The maximum Gasteiger partial charge on any atom is 0.339 e. The molecule has 2 aromatic carbocycles. The lowest BCUT2D eigenvalue weighted by atomic mass is 10.1. The van der Waals surface area contributed by atoms with Gasteiger partial charge in [0.2, 0.25) is 0 Å². The number of methoxy groups -OCH3 is 1. The van der Waals surface area contributed by atoms with Crippen LogP contribution in [0.2, 0.25) is 0 Å². The Hall–Kier alpha value is -3.28. The van der Waals surface area contributed by atoms with Gasteiger partial charge in [0.15, 0.2) is 0 Å². The van der Waals surface area contributed by atoms with E-state index >= 15 is 0 Å². The summed E-state index contributed by atoms with van der Waals surface area (Å²) in [6.07, 6.45) is 0. The highest BCUT2D eigenvalue weighted by molar-refractivity contribution is 6.01. The molecule has 3 rings (SSSR count). The highest BCUT2D eigenvalue weighted by atomic mass is 16.5. The van der Waals surface area contributed by atoms with Crippen molar-refractivity contribution >= 4 is 16.7 Å². The van der Waals surface area contributed by atoms with Crippen LogP contribution in [-0.4, -0.2) is 24.6 Å². The minimum absolute atomic E-state index is 0.00369. The SMILES string of the molecule is COc1ccc(/C(COc2cc(=O)oc3ccccc23)=N/O)cc1. The minimum atomic E-state index is -0.504. The predicted molar refractivity (Wildman–Crippen MR) is 89.3 cm³/mol. The van der Waals surface area contributed by atoms with E-state index in [1.54, 1.807) is 49.6 Å². The quantitative estimate of drug-likeness (QED) is 0.337. The first-order valence-electron chi connectivity index (χ1n) is 7.22. The van der Waals surface area contributed by atoms with Gasteiger partial charge in [-0.05, 0) is 36.4 Å². The van der Waals surface area contributed by atoms with Crippen molar-refractivity contribution in [3.05, 3.63) is 70.6 Å². The van der Waals surface area contributed by atoms with Gasteiger partial charge in [-0.1, -0.05) is 17.3 Å². The van der Waals surface area contributed by atoms with E-state index in [1.807, 2.05) is 6.07 Å². The summed E-state index contributed by atoms with van der Waals surface area (Å²) >= 11 is 0. The van der Waals surface area contributed by atoms with E-state index < -0.39 is 5.63 Å². The third-order valence-electron chi connectivity index (χ3n) is 3.52. The Balaban J connectivity index is 1.85. The van der Waals surface area contributed by atoms with Gasteiger partial charge < -0.3 is 19.1 Å². The van der Waals surface area contributed by atoms with E-state index in [4.69, 9.17) is 13.9 Å². The van der Waals surface area contributed by atoms with Crippen molar-refractivity contribution in [2.45, 2.75) is 0 Å². The van der Waals surface area contributed by atoms with Crippen molar-refractivity contribution in [3.8, 4) is 11.5 Å². The number of para-hydroxylation sites is 1. The number of hydrogen-bond donors (Lipinski definition) is 1. The maximum absolute atomic E-state index is 11.6. The fraction of sp³-hybridized carbons (Fsp3) is 0.111. The molecule has 1 N–H and O–H groups in total. The first-order chi connectivity index (χ1) is 11.7. The van der Waals surface area contributed by atoms with Crippen LogP contribution in [0, 0.1) is 0 Å². The molecule has 0 aliphatic carbocycles. The maximum atomic E-state index is 11.6. The van der Waals surface area contributed by atoms with Gasteiger partial charge in [-0.25, -0.2) is 4.79 Å². The zero-order valence-electron chi connectivity index (χ0n) is 12.9. The fourth-order valence-corrected chi connectivity index (χ4v) is 2.30. The van der Waals surface area contributed by atoms with Gasteiger partial charge >= 0.3 is 5.63 Å². The summed E-state index contributed by atoms with van der Waals surface area (Å²) in [6, 6.07) is 15.4. The lowest BCUT2D eigenvalue weighted by molar-refractivity contribution is 0.308. The summed E-state index contributed by atoms with van der Waals surface area (Å²) in [5.74, 6) is 1.07. The van der Waals surface area contributed by atoms with E-state index in [9.17, 15) is 10.0 Å². The average Bonchev–Trinajstić information content (AvgIpc) is 2.62. The molecular formula is C18H15NO5. The molecule has 0 atom stereocenters. The number of rotatable bonds is 5. The zero-order valence-corrected chi connectivity index (χ0v) is 12.9. The van der Waals surface area contributed by atoms with Crippen molar-refractivity contribution in [3.63, 3.8) is 0 Å². The minimum Gasteiger partial charge on any atom is -0.497 e. The Morgan fingerprint density at radius 3 is 2.62 bits per heavy atom. The number of ether oxygens (including phenoxy) is 2. The topological polar surface area (TPSA) is 81.3 Å². The molecular weight excluding hydrogens is 310 g/mol. The van der Waals surface area contributed by atoms with Gasteiger partial charge in [0, 0.05) is 5.56 Å². The largest absolute Gasteiger partial charge is 0.497 e. The number of nitrogens with zero attached hydrogens (tertiary/aromatic N) is 1. The Bertz CT molecular complexity index is 928. The van der Waals surface area contributed by atoms with Gasteiger partial charge in [0.05, 0.1) is 18.6 Å². The number of fused-ring (bicyclic) bond motifs is 1. The Labute approximate surface area is 137 Å². The zero-order chi connectivity index (χ0) is 16.9. The summed E-state index contributed by atoms with van der Waals surface area (Å²) in [6.45, 7) is -0.00369.